The Hall–Kier alpha value is -0.130. The number of rotatable bonds is 16. The molecule has 4 nitrogen and oxygen atoms in total. The van der Waals surface area contributed by atoms with Gasteiger partial charge in [0.15, 0.2) is 0 Å². The average molecular weight is 351 g/mol. The van der Waals surface area contributed by atoms with Gasteiger partial charge in [-0.15, -0.1) is 0 Å². The van der Waals surface area contributed by atoms with Crippen molar-refractivity contribution >= 4 is 10.1 Å². The molecule has 23 heavy (non-hydrogen) atoms. The van der Waals surface area contributed by atoms with E-state index in [4.69, 9.17) is 4.55 Å². The quantitative estimate of drug-likeness (QED) is 0.250. The van der Waals surface area contributed by atoms with Crippen LogP contribution in [0.3, 0.4) is 0 Å². The molecule has 0 rings (SSSR count). The molecule has 0 heterocycles. The molecule has 0 aromatic carbocycles. The van der Waals surface area contributed by atoms with Crippen molar-refractivity contribution in [2.75, 3.05) is 31.9 Å². The number of quaternary nitrogens is 1. The van der Waals surface area contributed by atoms with Crippen LogP contribution < -0.4 is 0 Å². The monoisotopic (exact) mass is 350 g/mol. The van der Waals surface area contributed by atoms with Crippen LogP contribution in [0.15, 0.2) is 0 Å². The van der Waals surface area contributed by atoms with Gasteiger partial charge in [-0.25, -0.2) is 0 Å². The number of hydrogen-bond donors (Lipinski definition) is 1. The van der Waals surface area contributed by atoms with Gasteiger partial charge >= 0.3 is 0 Å². The Bertz CT molecular complexity index is 356. The van der Waals surface area contributed by atoms with Gasteiger partial charge in [-0.3, -0.25) is 4.55 Å². The highest BCUT2D eigenvalue weighted by Crippen LogP contribution is 2.13. The van der Waals surface area contributed by atoms with Crippen molar-refractivity contribution < 1.29 is 17.5 Å². The summed E-state index contributed by atoms with van der Waals surface area (Å²) in [7, 11) is -3.75. The van der Waals surface area contributed by atoms with E-state index in [9.17, 15) is 8.42 Å². The molecule has 0 fully saturated rings. The van der Waals surface area contributed by atoms with Crippen LogP contribution in [0.25, 0.3) is 0 Å². The zero-order valence-corrected chi connectivity index (χ0v) is 16.5. The maximum absolute atomic E-state index is 10.6. The summed E-state index contributed by atoms with van der Waals surface area (Å²) in [6.45, 7) is 12.0. The lowest BCUT2D eigenvalue weighted by Crippen LogP contribution is -2.48. The summed E-state index contributed by atoms with van der Waals surface area (Å²) in [6, 6.07) is 0. The molecule has 140 valence electrons. The SMILES string of the molecule is CC[N+](CC)(CC)CCCCCCCCCCCCS(=O)(=O)O. The minimum absolute atomic E-state index is 0.0831. The Kier molecular flexibility index (Phi) is 13.1. The highest BCUT2D eigenvalue weighted by molar-refractivity contribution is 7.85. The Labute approximate surface area is 145 Å². The van der Waals surface area contributed by atoms with E-state index in [-0.39, 0.29) is 5.75 Å². The van der Waals surface area contributed by atoms with Gasteiger partial charge in [-0.05, 0) is 40.0 Å². The molecule has 0 spiro atoms. The van der Waals surface area contributed by atoms with Gasteiger partial charge in [0.05, 0.1) is 31.9 Å². The van der Waals surface area contributed by atoms with Crippen molar-refractivity contribution in [3.63, 3.8) is 0 Å². The minimum atomic E-state index is -3.75. The molecule has 1 N–H and O–H groups in total. The first-order chi connectivity index (χ1) is 10.9. The standard InChI is InChI=1S/C18H39NO3S/c1-4-19(5-2,6-3)17-15-13-11-9-7-8-10-12-14-16-18-23(20,21)22/h4-18H2,1-3H3/p+1. The van der Waals surface area contributed by atoms with Gasteiger partial charge in [0.25, 0.3) is 10.1 Å². The van der Waals surface area contributed by atoms with Crippen LogP contribution in [0.1, 0.15) is 85.0 Å². The Morgan fingerprint density at radius 3 is 1.35 bits per heavy atom. The third-order valence-electron chi connectivity index (χ3n) is 5.30. The fourth-order valence-corrected chi connectivity index (χ4v) is 3.86. The summed E-state index contributed by atoms with van der Waals surface area (Å²) in [4.78, 5) is 0. The van der Waals surface area contributed by atoms with E-state index in [1.165, 1.54) is 75.6 Å². The third kappa shape index (κ3) is 12.9. The van der Waals surface area contributed by atoms with E-state index in [2.05, 4.69) is 20.8 Å². The molecule has 0 aliphatic carbocycles. The fraction of sp³-hybridized carbons (Fsp3) is 1.00. The van der Waals surface area contributed by atoms with Crippen molar-refractivity contribution in [3.05, 3.63) is 0 Å². The summed E-state index contributed by atoms with van der Waals surface area (Å²) in [5, 5.41) is 0. The van der Waals surface area contributed by atoms with E-state index in [0.717, 1.165) is 12.8 Å². The Morgan fingerprint density at radius 1 is 0.652 bits per heavy atom. The van der Waals surface area contributed by atoms with Gasteiger partial charge in [0, 0.05) is 0 Å². The normalized spacial score (nSPS) is 12.7. The zero-order valence-electron chi connectivity index (χ0n) is 15.7. The first-order valence-corrected chi connectivity index (χ1v) is 11.3. The highest BCUT2D eigenvalue weighted by atomic mass is 32.2. The zero-order chi connectivity index (χ0) is 17.6. The van der Waals surface area contributed by atoms with E-state index in [1.807, 2.05) is 0 Å². The summed E-state index contributed by atoms with van der Waals surface area (Å²) >= 11 is 0. The summed E-state index contributed by atoms with van der Waals surface area (Å²) in [5.74, 6) is -0.0831. The van der Waals surface area contributed by atoms with Crippen molar-refractivity contribution in [3.8, 4) is 0 Å². The van der Waals surface area contributed by atoms with Gasteiger partial charge in [0.2, 0.25) is 0 Å². The van der Waals surface area contributed by atoms with Crippen LogP contribution in [0.2, 0.25) is 0 Å². The molecule has 0 bridgehead atoms. The molecule has 0 aromatic heterocycles. The van der Waals surface area contributed by atoms with Crippen LogP contribution in [-0.2, 0) is 10.1 Å². The molecular weight excluding hydrogens is 310 g/mol. The van der Waals surface area contributed by atoms with Crippen LogP contribution in [0.5, 0.6) is 0 Å². The van der Waals surface area contributed by atoms with E-state index in [0.29, 0.717) is 6.42 Å². The van der Waals surface area contributed by atoms with Crippen molar-refractivity contribution in [2.24, 2.45) is 0 Å². The second-order valence-corrected chi connectivity index (χ2v) is 8.41. The molecule has 0 radical (unpaired) electrons. The van der Waals surface area contributed by atoms with Gasteiger partial charge < -0.3 is 4.48 Å². The first kappa shape index (κ1) is 22.9. The molecule has 0 aliphatic rings. The molecule has 0 saturated heterocycles. The molecule has 0 atom stereocenters. The summed E-state index contributed by atoms with van der Waals surface area (Å²) < 4.78 is 31.0. The first-order valence-electron chi connectivity index (χ1n) is 9.69. The molecule has 0 amide bonds. The van der Waals surface area contributed by atoms with E-state index < -0.39 is 10.1 Å². The molecule has 0 saturated carbocycles. The van der Waals surface area contributed by atoms with E-state index in [1.54, 1.807) is 0 Å². The lowest BCUT2D eigenvalue weighted by atomic mass is 10.1. The van der Waals surface area contributed by atoms with Crippen molar-refractivity contribution in [1.29, 1.82) is 0 Å². The molecule has 0 aliphatic heterocycles. The molecular formula is C18H40NO3S+. The molecule has 0 aromatic rings. The summed E-state index contributed by atoms with van der Waals surface area (Å²) in [5.41, 5.74) is 0. The lowest BCUT2D eigenvalue weighted by Gasteiger charge is -2.35. The number of unbranched alkanes of at least 4 members (excludes halogenated alkanes) is 9. The third-order valence-corrected chi connectivity index (χ3v) is 6.10. The largest absolute Gasteiger partial charge is 0.324 e. The fourth-order valence-electron chi connectivity index (χ4n) is 3.29. The van der Waals surface area contributed by atoms with Crippen LogP contribution in [-0.4, -0.2) is 49.4 Å². The highest BCUT2D eigenvalue weighted by Gasteiger charge is 2.19. The lowest BCUT2D eigenvalue weighted by molar-refractivity contribution is -0.923. The average Bonchev–Trinajstić information content (AvgIpc) is 2.52. The van der Waals surface area contributed by atoms with Crippen LogP contribution >= 0.6 is 0 Å². The second kappa shape index (κ2) is 13.2. The van der Waals surface area contributed by atoms with Gasteiger partial charge in [-0.2, -0.15) is 8.42 Å². The Morgan fingerprint density at radius 2 is 1.00 bits per heavy atom. The predicted octanol–water partition coefficient (Wildman–Crippen LogP) is 4.65. The maximum atomic E-state index is 10.6. The van der Waals surface area contributed by atoms with Crippen molar-refractivity contribution in [2.45, 2.75) is 85.0 Å². The van der Waals surface area contributed by atoms with Gasteiger partial charge in [0.1, 0.15) is 0 Å². The Balaban J connectivity index is 3.37. The van der Waals surface area contributed by atoms with Gasteiger partial charge in [-0.1, -0.05) is 44.9 Å². The topological polar surface area (TPSA) is 54.4 Å². The number of hydrogen-bond acceptors (Lipinski definition) is 2. The number of nitrogens with zero attached hydrogens (tertiary/aromatic N) is 1. The predicted molar refractivity (Wildman–Crippen MR) is 99.3 cm³/mol. The van der Waals surface area contributed by atoms with Crippen molar-refractivity contribution in [1.82, 2.24) is 0 Å². The molecule has 0 unspecified atom stereocenters. The van der Waals surface area contributed by atoms with Crippen LogP contribution in [0, 0.1) is 0 Å². The minimum Gasteiger partial charge on any atom is -0.324 e. The second-order valence-electron chi connectivity index (χ2n) is 6.84. The molecule has 5 heteroatoms. The maximum Gasteiger partial charge on any atom is 0.264 e. The van der Waals surface area contributed by atoms with Crippen LogP contribution in [0.4, 0.5) is 0 Å². The smallest absolute Gasteiger partial charge is 0.264 e. The van der Waals surface area contributed by atoms with E-state index >= 15 is 0 Å². The summed E-state index contributed by atoms with van der Waals surface area (Å²) in [6.07, 6.45) is 11.7.